The summed E-state index contributed by atoms with van der Waals surface area (Å²) in [5.41, 5.74) is 0. The van der Waals surface area contributed by atoms with Gasteiger partial charge in [-0.25, -0.2) is 8.42 Å². The van der Waals surface area contributed by atoms with E-state index >= 15 is 0 Å². The lowest BCUT2D eigenvalue weighted by molar-refractivity contribution is 0.151. The molecule has 1 aliphatic heterocycles. The second-order valence-electron chi connectivity index (χ2n) is 5.11. The van der Waals surface area contributed by atoms with Crippen molar-refractivity contribution in [3.05, 3.63) is 16.6 Å². The Morgan fingerprint density at radius 2 is 1.74 bits per heavy atom. The van der Waals surface area contributed by atoms with Gasteiger partial charge in [-0.05, 0) is 22.0 Å². The molecule has 0 amide bonds. The zero-order chi connectivity index (χ0) is 17.0. The van der Waals surface area contributed by atoms with Crippen LogP contribution in [0.15, 0.2) is 21.5 Å². The number of halogens is 1. The van der Waals surface area contributed by atoms with Gasteiger partial charge in [0.1, 0.15) is 16.4 Å². The number of aliphatic hydroxyl groups excluding tert-OH is 1. The summed E-state index contributed by atoms with van der Waals surface area (Å²) in [6, 6.07) is 3.06. The molecule has 1 saturated heterocycles. The van der Waals surface area contributed by atoms with Crippen LogP contribution in [0.1, 0.15) is 0 Å². The monoisotopic (exact) mass is 408 g/mol. The number of aliphatic hydroxyl groups is 1. The van der Waals surface area contributed by atoms with Gasteiger partial charge in [0.25, 0.3) is 0 Å². The summed E-state index contributed by atoms with van der Waals surface area (Å²) in [7, 11) is -0.718. The van der Waals surface area contributed by atoms with Crippen LogP contribution in [0.3, 0.4) is 0 Å². The molecule has 1 aromatic rings. The molecule has 23 heavy (non-hydrogen) atoms. The van der Waals surface area contributed by atoms with E-state index in [9.17, 15) is 8.42 Å². The van der Waals surface area contributed by atoms with E-state index in [-0.39, 0.29) is 17.3 Å². The summed E-state index contributed by atoms with van der Waals surface area (Å²) < 4.78 is 38.2. The van der Waals surface area contributed by atoms with Crippen LogP contribution in [0.25, 0.3) is 0 Å². The molecule has 7 nitrogen and oxygen atoms in total. The highest BCUT2D eigenvalue weighted by atomic mass is 79.9. The number of ether oxygens (including phenoxy) is 2. The van der Waals surface area contributed by atoms with E-state index in [4.69, 9.17) is 14.6 Å². The highest BCUT2D eigenvalue weighted by Gasteiger charge is 2.31. The van der Waals surface area contributed by atoms with E-state index in [0.717, 1.165) is 0 Å². The normalized spacial score (nSPS) is 17.2. The molecule has 1 heterocycles. The molecule has 130 valence electrons. The molecule has 0 aromatic heterocycles. The summed E-state index contributed by atoms with van der Waals surface area (Å²) >= 11 is 3.32. The number of hydrogen-bond donors (Lipinski definition) is 1. The third-order valence-corrected chi connectivity index (χ3v) is 6.34. The maximum Gasteiger partial charge on any atom is 0.246 e. The van der Waals surface area contributed by atoms with Crippen LogP contribution in [0.4, 0.5) is 0 Å². The molecular formula is C14H21BrN2O5S. The van der Waals surface area contributed by atoms with E-state index in [0.29, 0.717) is 42.9 Å². The Morgan fingerprint density at radius 3 is 2.26 bits per heavy atom. The number of nitrogens with zero attached hydrogens (tertiary/aromatic N) is 2. The molecule has 9 heteroatoms. The minimum absolute atomic E-state index is 0.0754. The fourth-order valence-corrected chi connectivity index (χ4v) is 4.75. The quantitative estimate of drug-likeness (QED) is 0.748. The van der Waals surface area contributed by atoms with Crippen molar-refractivity contribution in [2.24, 2.45) is 0 Å². The van der Waals surface area contributed by atoms with Gasteiger partial charge in [-0.2, -0.15) is 4.31 Å². The maximum atomic E-state index is 12.9. The summed E-state index contributed by atoms with van der Waals surface area (Å²) in [5, 5.41) is 8.96. The van der Waals surface area contributed by atoms with Crippen molar-refractivity contribution in [1.29, 1.82) is 0 Å². The fourth-order valence-electron chi connectivity index (χ4n) is 2.51. The van der Waals surface area contributed by atoms with Gasteiger partial charge in [-0.15, -0.1) is 0 Å². The number of piperazine rings is 1. The predicted molar refractivity (Wildman–Crippen MR) is 89.5 cm³/mol. The second-order valence-corrected chi connectivity index (χ2v) is 7.87. The Hall–Kier alpha value is -0.870. The Morgan fingerprint density at radius 1 is 1.13 bits per heavy atom. The molecule has 1 aromatic carbocycles. The van der Waals surface area contributed by atoms with Crippen molar-refractivity contribution in [3.63, 3.8) is 0 Å². The van der Waals surface area contributed by atoms with Crippen LogP contribution < -0.4 is 9.47 Å². The Kier molecular flexibility index (Phi) is 6.26. The number of β-amino-alcohol motifs (C(OH)–C–C–N with tert-alkyl or cyclic N) is 1. The van der Waals surface area contributed by atoms with Gasteiger partial charge in [0, 0.05) is 38.8 Å². The molecule has 0 radical (unpaired) electrons. The van der Waals surface area contributed by atoms with E-state index in [1.165, 1.54) is 24.6 Å². The fraction of sp³-hybridized carbons (Fsp3) is 0.571. The molecule has 0 saturated carbocycles. The summed E-state index contributed by atoms with van der Waals surface area (Å²) in [5.74, 6) is 0.761. The number of rotatable bonds is 6. The summed E-state index contributed by atoms with van der Waals surface area (Å²) in [4.78, 5) is 2.15. The van der Waals surface area contributed by atoms with E-state index in [1.807, 2.05) is 4.90 Å². The zero-order valence-electron chi connectivity index (χ0n) is 13.2. The molecule has 1 fully saturated rings. The summed E-state index contributed by atoms with van der Waals surface area (Å²) in [6.45, 7) is 2.60. The number of benzene rings is 1. The maximum absolute atomic E-state index is 12.9. The van der Waals surface area contributed by atoms with Crippen LogP contribution in [-0.4, -0.2) is 76.3 Å². The van der Waals surface area contributed by atoms with Crippen LogP contribution in [0.2, 0.25) is 0 Å². The zero-order valence-corrected chi connectivity index (χ0v) is 15.6. The van der Waals surface area contributed by atoms with Gasteiger partial charge in [-0.1, -0.05) is 0 Å². The van der Waals surface area contributed by atoms with Crippen molar-refractivity contribution in [2.45, 2.75) is 4.90 Å². The molecule has 0 spiro atoms. The highest BCUT2D eigenvalue weighted by Crippen LogP contribution is 2.36. The molecule has 1 aliphatic rings. The lowest BCUT2D eigenvalue weighted by Gasteiger charge is -2.33. The number of sulfonamides is 1. The van der Waals surface area contributed by atoms with E-state index in [2.05, 4.69) is 15.9 Å². The highest BCUT2D eigenvalue weighted by molar-refractivity contribution is 9.10. The summed E-state index contributed by atoms with van der Waals surface area (Å²) in [6.07, 6.45) is 0. The van der Waals surface area contributed by atoms with Crippen molar-refractivity contribution < 1.29 is 23.0 Å². The van der Waals surface area contributed by atoms with Gasteiger partial charge < -0.3 is 14.6 Å². The van der Waals surface area contributed by atoms with Gasteiger partial charge in [0.15, 0.2) is 0 Å². The van der Waals surface area contributed by atoms with Crippen LogP contribution >= 0.6 is 15.9 Å². The van der Waals surface area contributed by atoms with Gasteiger partial charge >= 0.3 is 0 Å². The Bertz CT molecular complexity index is 645. The smallest absolute Gasteiger partial charge is 0.246 e. The molecule has 2 rings (SSSR count). The van der Waals surface area contributed by atoms with E-state index < -0.39 is 10.0 Å². The first kappa shape index (κ1) is 18.5. The van der Waals surface area contributed by atoms with Gasteiger partial charge in [0.05, 0.1) is 25.3 Å². The lowest BCUT2D eigenvalue weighted by Crippen LogP contribution is -2.49. The molecule has 0 unspecified atom stereocenters. The van der Waals surface area contributed by atoms with Gasteiger partial charge in [-0.3, -0.25) is 4.90 Å². The Labute approximate surface area is 145 Å². The minimum Gasteiger partial charge on any atom is -0.495 e. The lowest BCUT2D eigenvalue weighted by atomic mass is 10.3. The first-order valence-electron chi connectivity index (χ1n) is 7.19. The number of hydrogen-bond acceptors (Lipinski definition) is 6. The third-order valence-electron chi connectivity index (χ3n) is 3.80. The van der Waals surface area contributed by atoms with Crippen molar-refractivity contribution in [1.82, 2.24) is 9.21 Å². The van der Waals surface area contributed by atoms with E-state index in [1.54, 1.807) is 6.07 Å². The average Bonchev–Trinajstić information content (AvgIpc) is 2.55. The second kappa shape index (κ2) is 7.80. The van der Waals surface area contributed by atoms with Crippen LogP contribution in [-0.2, 0) is 10.0 Å². The SMILES string of the molecule is COc1cc(OC)c(S(=O)(=O)N2CCN(CCO)CC2)cc1Br. The average molecular weight is 409 g/mol. The predicted octanol–water partition coefficient (Wildman–Crippen LogP) is 0.765. The molecular weight excluding hydrogens is 388 g/mol. The molecule has 0 aliphatic carbocycles. The standard InChI is InChI=1S/C14H21BrN2O5S/c1-21-12-10-13(22-2)14(9-11(12)15)23(19,20)17-5-3-16(4-6-17)7-8-18/h9-10,18H,3-8H2,1-2H3. The molecule has 1 N–H and O–H groups in total. The third kappa shape index (κ3) is 3.97. The largest absolute Gasteiger partial charge is 0.495 e. The Balaban J connectivity index is 2.28. The topological polar surface area (TPSA) is 79.3 Å². The first-order valence-corrected chi connectivity index (χ1v) is 9.42. The van der Waals surface area contributed by atoms with Gasteiger partial charge in [0.2, 0.25) is 10.0 Å². The minimum atomic E-state index is -3.66. The van der Waals surface area contributed by atoms with Crippen molar-refractivity contribution in [2.75, 3.05) is 53.6 Å². The molecule has 0 atom stereocenters. The van der Waals surface area contributed by atoms with Crippen LogP contribution in [0.5, 0.6) is 11.5 Å². The molecule has 0 bridgehead atoms. The van der Waals surface area contributed by atoms with Crippen molar-refractivity contribution in [3.8, 4) is 11.5 Å². The first-order chi connectivity index (χ1) is 10.9. The van der Waals surface area contributed by atoms with Crippen LogP contribution in [0, 0.1) is 0 Å². The number of methoxy groups -OCH3 is 2. The van der Waals surface area contributed by atoms with Crippen molar-refractivity contribution >= 4 is 26.0 Å².